The molecule has 1 aromatic heterocycles. The van der Waals surface area contributed by atoms with Crippen molar-refractivity contribution in [1.29, 1.82) is 0 Å². The Balaban J connectivity index is 0.00000280. The second-order valence-corrected chi connectivity index (χ2v) is 6.44. The van der Waals surface area contributed by atoms with Crippen molar-refractivity contribution in [1.82, 2.24) is 10.6 Å². The molecule has 1 fully saturated rings. The summed E-state index contributed by atoms with van der Waals surface area (Å²) in [5.74, 6) is 0.604. The number of carbonyl (C=O) groups excluding carboxylic acids is 1. The van der Waals surface area contributed by atoms with Gasteiger partial charge in [-0.2, -0.15) is 0 Å². The third-order valence-electron chi connectivity index (χ3n) is 4.57. The van der Waals surface area contributed by atoms with Crippen molar-refractivity contribution in [2.24, 2.45) is 10.7 Å². The van der Waals surface area contributed by atoms with Crippen molar-refractivity contribution < 1.29 is 13.6 Å². The number of halogens is 2. The highest BCUT2D eigenvalue weighted by Gasteiger charge is 2.20. The second-order valence-electron chi connectivity index (χ2n) is 6.44. The predicted molar refractivity (Wildman–Crippen MR) is 118 cm³/mol. The lowest BCUT2D eigenvalue weighted by atomic mass is 10.0. The SMILES string of the molecule is CN=C(NCc1ccc(C(N)=O)o1)NC1CCN(c2cccc(F)c2)CC1.I. The minimum absolute atomic E-state index is 0. The molecule has 0 aliphatic carbocycles. The second kappa shape index (κ2) is 10.3. The van der Waals surface area contributed by atoms with Crippen LogP contribution in [0.4, 0.5) is 10.1 Å². The molecular formula is C19H25FIN5O2. The lowest BCUT2D eigenvalue weighted by Gasteiger charge is -2.34. The van der Waals surface area contributed by atoms with Gasteiger partial charge in [-0.25, -0.2) is 4.39 Å². The number of piperidine rings is 1. The minimum atomic E-state index is -0.589. The van der Waals surface area contributed by atoms with E-state index in [9.17, 15) is 9.18 Å². The average molecular weight is 501 g/mol. The van der Waals surface area contributed by atoms with E-state index in [0.717, 1.165) is 31.6 Å². The molecule has 9 heteroatoms. The number of benzene rings is 1. The van der Waals surface area contributed by atoms with Crippen molar-refractivity contribution in [3.05, 3.63) is 53.7 Å². The minimum Gasteiger partial charge on any atom is -0.454 e. The summed E-state index contributed by atoms with van der Waals surface area (Å²) >= 11 is 0. The van der Waals surface area contributed by atoms with E-state index >= 15 is 0 Å². The topological polar surface area (TPSA) is 95.9 Å². The maximum absolute atomic E-state index is 13.4. The zero-order valence-corrected chi connectivity index (χ0v) is 18.0. The van der Waals surface area contributed by atoms with Gasteiger partial charge < -0.3 is 25.7 Å². The van der Waals surface area contributed by atoms with Gasteiger partial charge in [0.15, 0.2) is 11.7 Å². The van der Waals surface area contributed by atoms with Crippen LogP contribution >= 0.6 is 24.0 Å². The van der Waals surface area contributed by atoms with Crippen LogP contribution in [0.15, 0.2) is 45.8 Å². The summed E-state index contributed by atoms with van der Waals surface area (Å²) in [6.07, 6.45) is 1.84. The molecule has 2 heterocycles. The van der Waals surface area contributed by atoms with Gasteiger partial charge in [0.2, 0.25) is 0 Å². The van der Waals surface area contributed by atoms with Crippen LogP contribution in [0.2, 0.25) is 0 Å². The molecule has 0 bridgehead atoms. The maximum Gasteiger partial charge on any atom is 0.284 e. The van der Waals surface area contributed by atoms with Gasteiger partial charge in [-0.05, 0) is 43.2 Å². The Morgan fingerprint density at radius 1 is 1.32 bits per heavy atom. The number of anilines is 1. The fourth-order valence-electron chi connectivity index (χ4n) is 3.12. The van der Waals surface area contributed by atoms with Crippen LogP contribution in [-0.4, -0.2) is 38.0 Å². The highest BCUT2D eigenvalue weighted by molar-refractivity contribution is 14.0. The average Bonchev–Trinajstić information content (AvgIpc) is 3.15. The van der Waals surface area contributed by atoms with Gasteiger partial charge in [0.25, 0.3) is 5.91 Å². The number of furan rings is 1. The third kappa shape index (κ3) is 5.85. The van der Waals surface area contributed by atoms with Crippen LogP contribution in [0.1, 0.15) is 29.2 Å². The molecule has 0 spiro atoms. The van der Waals surface area contributed by atoms with E-state index in [2.05, 4.69) is 20.5 Å². The van der Waals surface area contributed by atoms with E-state index in [1.807, 2.05) is 6.07 Å². The number of nitrogens with zero attached hydrogens (tertiary/aromatic N) is 2. The standard InChI is InChI=1S/C19H24FN5O2.HI/c1-22-19(23-12-16-5-6-17(27-16)18(21)26)24-14-7-9-25(10-8-14)15-4-2-3-13(20)11-15;/h2-6,11,14H,7-10,12H2,1H3,(H2,21,26)(H2,22,23,24);1H. The lowest BCUT2D eigenvalue weighted by Crippen LogP contribution is -2.48. The van der Waals surface area contributed by atoms with E-state index < -0.39 is 5.91 Å². The van der Waals surface area contributed by atoms with Crippen LogP contribution < -0.4 is 21.3 Å². The molecule has 1 aliphatic heterocycles. The van der Waals surface area contributed by atoms with Crippen molar-refractivity contribution in [3.63, 3.8) is 0 Å². The summed E-state index contributed by atoms with van der Waals surface area (Å²) < 4.78 is 18.7. The highest BCUT2D eigenvalue weighted by Crippen LogP contribution is 2.20. The van der Waals surface area contributed by atoms with E-state index in [0.29, 0.717) is 18.3 Å². The fraction of sp³-hybridized carbons (Fsp3) is 0.368. The Bertz CT molecular complexity index is 818. The zero-order chi connectivity index (χ0) is 19.2. The molecule has 4 N–H and O–H groups in total. The van der Waals surface area contributed by atoms with Crippen molar-refractivity contribution in [2.45, 2.75) is 25.4 Å². The Labute approximate surface area is 180 Å². The molecule has 3 rings (SSSR count). The molecule has 1 saturated heterocycles. The Morgan fingerprint density at radius 3 is 2.68 bits per heavy atom. The van der Waals surface area contributed by atoms with Crippen molar-refractivity contribution >= 4 is 41.5 Å². The lowest BCUT2D eigenvalue weighted by molar-refractivity contribution is 0.0972. The number of aliphatic imine (C=N–C) groups is 1. The molecule has 0 saturated carbocycles. The summed E-state index contributed by atoms with van der Waals surface area (Å²) in [6, 6.07) is 10.2. The van der Waals surface area contributed by atoms with Crippen LogP contribution in [0.3, 0.4) is 0 Å². The predicted octanol–water partition coefficient (Wildman–Crippen LogP) is 2.47. The first-order valence-corrected chi connectivity index (χ1v) is 8.91. The number of carbonyl (C=O) groups is 1. The number of nitrogens with two attached hydrogens (primary N) is 1. The van der Waals surface area contributed by atoms with E-state index in [4.69, 9.17) is 10.2 Å². The van der Waals surface area contributed by atoms with Crippen LogP contribution in [0, 0.1) is 5.82 Å². The number of hydrogen-bond acceptors (Lipinski definition) is 4. The number of amides is 1. The molecule has 0 unspecified atom stereocenters. The van der Waals surface area contributed by atoms with Crippen LogP contribution in [-0.2, 0) is 6.54 Å². The van der Waals surface area contributed by atoms with E-state index in [-0.39, 0.29) is 41.6 Å². The monoisotopic (exact) mass is 501 g/mol. The molecule has 2 aromatic rings. The Hall–Kier alpha value is -2.30. The van der Waals surface area contributed by atoms with Gasteiger partial charge in [0, 0.05) is 31.9 Å². The quantitative estimate of drug-likeness (QED) is 0.333. The Morgan fingerprint density at radius 2 is 2.07 bits per heavy atom. The molecular weight excluding hydrogens is 476 g/mol. The molecule has 7 nitrogen and oxygen atoms in total. The first-order valence-electron chi connectivity index (χ1n) is 8.91. The summed E-state index contributed by atoms with van der Waals surface area (Å²) in [7, 11) is 1.70. The number of nitrogens with one attached hydrogen (secondary N) is 2. The summed E-state index contributed by atoms with van der Waals surface area (Å²) in [5, 5.41) is 6.56. The molecule has 0 radical (unpaired) electrons. The van der Waals surface area contributed by atoms with E-state index in [1.165, 1.54) is 6.07 Å². The van der Waals surface area contributed by atoms with Gasteiger partial charge in [0.1, 0.15) is 11.6 Å². The van der Waals surface area contributed by atoms with Gasteiger partial charge in [-0.3, -0.25) is 9.79 Å². The molecule has 0 atom stereocenters. The third-order valence-corrected chi connectivity index (χ3v) is 4.57. The van der Waals surface area contributed by atoms with Gasteiger partial charge in [-0.15, -0.1) is 24.0 Å². The van der Waals surface area contributed by atoms with E-state index in [1.54, 1.807) is 31.3 Å². The first kappa shape index (κ1) is 22.0. The van der Waals surface area contributed by atoms with Crippen molar-refractivity contribution in [3.8, 4) is 0 Å². The highest BCUT2D eigenvalue weighted by atomic mass is 127. The maximum atomic E-state index is 13.4. The van der Waals surface area contributed by atoms with Crippen LogP contribution in [0.25, 0.3) is 0 Å². The van der Waals surface area contributed by atoms with Gasteiger partial charge >= 0.3 is 0 Å². The summed E-state index contributed by atoms with van der Waals surface area (Å²) in [6.45, 7) is 2.09. The van der Waals surface area contributed by atoms with Crippen LogP contribution in [0.5, 0.6) is 0 Å². The summed E-state index contributed by atoms with van der Waals surface area (Å²) in [4.78, 5) is 17.5. The number of guanidine groups is 1. The van der Waals surface area contributed by atoms with Gasteiger partial charge in [0.05, 0.1) is 6.54 Å². The first-order chi connectivity index (χ1) is 13.0. The molecule has 1 aromatic carbocycles. The molecule has 1 aliphatic rings. The molecule has 152 valence electrons. The number of hydrogen-bond donors (Lipinski definition) is 3. The molecule has 1 amide bonds. The zero-order valence-electron chi connectivity index (χ0n) is 15.7. The molecule has 28 heavy (non-hydrogen) atoms. The number of primary amides is 1. The summed E-state index contributed by atoms with van der Waals surface area (Å²) in [5.41, 5.74) is 6.10. The Kier molecular flexibility index (Phi) is 8.09. The number of rotatable bonds is 5. The normalized spacial score (nSPS) is 15.1. The largest absolute Gasteiger partial charge is 0.454 e. The fourth-order valence-corrected chi connectivity index (χ4v) is 3.12. The van der Waals surface area contributed by atoms with Crippen molar-refractivity contribution in [2.75, 3.05) is 25.0 Å². The van der Waals surface area contributed by atoms with Gasteiger partial charge in [-0.1, -0.05) is 6.07 Å². The smallest absolute Gasteiger partial charge is 0.284 e.